The number of sulfonamides is 1. The third kappa shape index (κ3) is 5.69. The summed E-state index contributed by atoms with van der Waals surface area (Å²) in [5.74, 6) is 0.0704. The summed E-state index contributed by atoms with van der Waals surface area (Å²) in [7, 11) is -3.68. The van der Waals surface area contributed by atoms with Crippen molar-refractivity contribution in [3.8, 4) is 5.75 Å². The second-order valence-electron chi connectivity index (χ2n) is 7.13. The van der Waals surface area contributed by atoms with Gasteiger partial charge in [-0.25, -0.2) is 8.42 Å². The SMILES string of the molecule is CCC(=O)c1ccc(OCC(=O)Nc2ccc(C)c(S(=O)(=O)N3CCOCC3)c2)cc1. The highest BCUT2D eigenvalue weighted by molar-refractivity contribution is 7.89. The van der Waals surface area contributed by atoms with Crippen LogP contribution in [-0.4, -0.2) is 57.3 Å². The van der Waals surface area contributed by atoms with E-state index in [2.05, 4.69) is 5.32 Å². The molecule has 1 N–H and O–H groups in total. The number of ether oxygens (including phenoxy) is 2. The summed E-state index contributed by atoms with van der Waals surface area (Å²) in [5.41, 5.74) is 1.56. The average Bonchev–Trinajstić information content (AvgIpc) is 2.79. The number of anilines is 1. The first-order valence-electron chi connectivity index (χ1n) is 10.1. The van der Waals surface area contributed by atoms with E-state index in [0.29, 0.717) is 55.3 Å². The number of Topliss-reactive ketones (excluding diaryl/α,β-unsaturated/α-hetero) is 1. The number of nitrogens with zero attached hydrogens (tertiary/aromatic N) is 1. The summed E-state index contributed by atoms with van der Waals surface area (Å²) in [4.78, 5) is 24.1. The Bertz CT molecular complexity index is 1040. The van der Waals surface area contributed by atoms with Crippen molar-refractivity contribution in [2.45, 2.75) is 25.2 Å². The molecule has 1 amide bonds. The van der Waals surface area contributed by atoms with Gasteiger partial charge in [0.15, 0.2) is 12.4 Å². The summed E-state index contributed by atoms with van der Waals surface area (Å²) in [5, 5.41) is 2.67. The topological polar surface area (TPSA) is 102 Å². The molecule has 1 fully saturated rings. The van der Waals surface area contributed by atoms with Crippen molar-refractivity contribution in [3.05, 3.63) is 53.6 Å². The molecule has 166 valence electrons. The smallest absolute Gasteiger partial charge is 0.262 e. The fraction of sp³-hybridized carbons (Fsp3) is 0.364. The average molecular weight is 447 g/mol. The number of hydrogen-bond acceptors (Lipinski definition) is 6. The minimum absolute atomic E-state index is 0.0338. The molecule has 1 aliphatic heterocycles. The second kappa shape index (κ2) is 10.0. The molecule has 0 unspecified atom stereocenters. The Kier molecular flexibility index (Phi) is 7.42. The molecule has 3 rings (SSSR count). The number of amides is 1. The molecule has 2 aromatic rings. The summed E-state index contributed by atoms with van der Waals surface area (Å²) in [6.45, 7) is 4.58. The number of nitrogens with one attached hydrogen (secondary N) is 1. The first-order chi connectivity index (χ1) is 14.8. The van der Waals surface area contributed by atoms with Crippen LogP contribution in [0.15, 0.2) is 47.4 Å². The van der Waals surface area contributed by atoms with E-state index >= 15 is 0 Å². The van der Waals surface area contributed by atoms with Gasteiger partial charge in [-0.3, -0.25) is 9.59 Å². The second-order valence-corrected chi connectivity index (χ2v) is 9.04. The molecule has 0 radical (unpaired) electrons. The number of carbonyl (C=O) groups is 2. The van der Waals surface area contributed by atoms with Crippen LogP contribution in [0.2, 0.25) is 0 Å². The van der Waals surface area contributed by atoms with Crippen LogP contribution < -0.4 is 10.1 Å². The number of ketones is 1. The van der Waals surface area contributed by atoms with Crippen molar-refractivity contribution in [2.24, 2.45) is 0 Å². The number of benzene rings is 2. The third-order valence-electron chi connectivity index (χ3n) is 4.93. The first kappa shape index (κ1) is 22.9. The van der Waals surface area contributed by atoms with Gasteiger partial charge in [0.25, 0.3) is 5.91 Å². The molecule has 0 bridgehead atoms. The zero-order chi connectivity index (χ0) is 22.4. The lowest BCUT2D eigenvalue weighted by molar-refractivity contribution is -0.118. The van der Waals surface area contributed by atoms with Crippen molar-refractivity contribution in [2.75, 3.05) is 38.2 Å². The van der Waals surface area contributed by atoms with E-state index in [0.717, 1.165) is 0 Å². The largest absolute Gasteiger partial charge is 0.484 e. The Morgan fingerprint density at radius 1 is 1.10 bits per heavy atom. The van der Waals surface area contributed by atoms with Crippen molar-refractivity contribution < 1.29 is 27.5 Å². The molecule has 8 nitrogen and oxygen atoms in total. The molecular formula is C22H26N2O6S. The monoisotopic (exact) mass is 446 g/mol. The van der Waals surface area contributed by atoms with E-state index in [9.17, 15) is 18.0 Å². The number of carbonyl (C=O) groups excluding carboxylic acids is 2. The molecule has 1 aliphatic rings. The van der Waals surface area contributed by atoms with E-state index in [1.54, 1.807) is 50.2 Å². The molecule has 0 aliphatic carbocycles. The van der Waals surface area contributed by atoms with Gasteiger partial charge in [0.1, 0.15) is 5.75 Å². The highest BCUT2D eigenvalue weighted by Gasteiger charge is 2.28. The zero-order valence-corrected chi connectivity index (χ0v) is 18.4. The van der Waals surface area contributed by atoms with E-state index < -0.39 is 15.9 Å². The minimum Gasteiger partial charge on any atom is -0.484 e. The zero-order valence-electron chi connectivity index (χ0n) is 17.6. The molecule has 2 aromatic carbocycles. The summed E-state index contributed by atoms with van der Waals surface area (Å²) >= 11 is 0. The lowest BCUT2D eigenvalue weighted by atomic mass is 10.1. The van der Waals surface area contributed by atoms with E-state index in [-0.39, 0.29) is 17.3 Å². The summed E-state index contributed by atoms with van der Waals surface area (Å²) in [6.07, 6.45) is 0.419. The maximum absolute atomic E-state index is 13.0. The molecular weight excluding hydrogens is 420 g/mol. The van der Waals surface area contributed by atoms with Gasteiger partial charge in [-0.1, -0.05) is 13.0 Å². The normalized spacial score (nSPS) is 14.8. The van der Waals surface area contributed by atoms with Crippen molar-refractivity contribution in [3.63, 3.8) is 0 Å². The fourth-order valence-corrected chi connectivity index (χ4v) is 4.83. The van der Waals surface area contributed by atoms with Crippen molar-refractivity contribution in [1.29, 1.82) is 0 Å². The van der Waals surface area contributed by atoms with Crippen LogP contribution in [0.25, 0.3) is 0 Å². The molecule has 0 aromatic heterocycles. The quantitative estimate of drug-likeness (QED) is 0.626. The Morgan fingerprint density at radius 3 is 2.42 bits per heavy atom. The van der Waals surface area contributed by atoms with Crippen LogP contribution in [0, 0.1) is 6.92 Å². The van der Waals surface area contributed by atoms with Gasteiger partial charge in [-0.05, 0) is 48.9 Å². The molecule has 0 saturated carbocycles. The van der Waals surface area contributed by atoms with Crippen LogP contribution in [0.3, 0.4) is 0 Å². The summed E-state index contributed by atoms with van der Waals surface area (Å²) < 4.78 is 38.0. The molecule has 1 saturated heterocycles. The van der Waals surface area contributed by atoms with Crippen LogP contribution in [-0.2, 0) is 19.6 Å². The predicted molar refractivity (Wildman–Crippen MR) is 116 cm³/mol. The van der Waals surface area contributed by atoms with Crippen molar-refractivity contribution >= 4 is 27.4 Å². The Balaban J connectivity index is 1.64. The fourth-order valence-electron chi connectivity index (χ4n) is 3.17. The number of hydrogen-bond donors (Lipinski definition) is 1. The lowest BCUT2D eigenvalue weighted by Gasteiger charge is -2.26. The lowest BCUT2D eigenvalue weighted by Crippen LogP contribution is -2.40. The van der Waals surface area contributed by atoms with Gasteiger partial charge < -0.3 is 14.8 Å². The number of rotatable bonds is 8. The van der Waals surface area contributed by atoms with Gasteiger partial charge in [-0.15, -0.1) is 0 Å². The first-order valence-corrected chi connectivity index (χ1v) is 11.5. The van der Waals surface area contributed by atoms with Crippen LogP contribution in [0.1, 0.15) is 29.3 Å². The molecule has 9 heteroatoms. The predicted octanol–water partition coefficient (Wildman–Crippen LogP) is 2.63. The highest BCUT2D eigenvalue weighted by atomic mass is 32.2. The molecule has 31 heavy (non-hydrogen) atoms. The highest BCUT2D eigenvalue weighted by Crippen LogP contribution is 2.24. The standard InChI is InChI=1S/C22H26N2O6S/c1-3-20(25)17-5-8-19(9-6-17)30-15-22(26)23-18-7-4-16(2)21(14-18)31(27,28)24-10-12-29-13-11-24/h4-9,14H,3,10-13,15H2,1-2H3,(H,23,26). The maximum Gasteiger partial charge on any atom is 0.262 e. The van der Waals surface area contributed by atoms with Gasteiger partial charge in [0.05, 0.1) is 18.1 Å². The third-order valence-corrected chi connectivity index (χ3v) is 6.97. The van der Waals surface area contributed by atoms with Gasteiger partial charge in [0, 0.05) is 30.8 Å². The van der Waals surface area contributed by atoms with E-state index in [4.69, 9.17) is 9.47 Å². The van der Waals surface area contributed by atoms with Gasteiger partial charge in [0.2, 0.25) is 10.0 Å². The molecule has 0 atom stereocenters. The Labute approximate surface area is 182 Å². The van der Waals surface area contributed by atoms with Gasteiger partial charge >= 0.3 is 0 Å². The van der Waals surface area contributed by atoms with Crippen LogP contribution in [0.4, 0.5) is 5.69 Å². The molecule has 0 spiro atoms. The Morgan fingerprint density at radius 2 is 1.77 bits per heavy atom. The van der Waals surface area contributed by atoms with Gasteiger partial charge in [-0.2, -0.15) is 4.31 Å². The van der Waals surface area contributed by atoms with E-state index in [1.165, 1.54) is 10.4 Å². The number of morpholine rings is 1. The van der Waals surface area contributed by atoms with Crippen LogP contribution >= 0.6 is 0 Å². The van der Waals surface area contributed by atoms with Crippen LogP contribution in [0.5, 0.6) is 5.75 Å². The van der Waals surface area contributed by atoms with Crippen molar-refractivity contribution in [1.82, 2.24) is 4.31 Å². The minimum atomic E-state index is -3.68. The van der Waals surface area contributed by atoms with E-state index in [1.807, 2.05) is 0 Å². The maximum atomic E-state index is 13.0. The molecule has 1 heterocycles. The Hall–Kier alpha value is -2.75. The number of aryl methyl sites for hydroxylation is 1. The summed E-state index contributed by atoms with van der Waals surface area (Å²) in [6, 6.07) is 11.3.